The SMILES string of the molecule is C1=C(c2nc(-c3ccccc3)c(-c3ccccc3)nc2-c2ccccc2)CCC(c2nc(-c3ccccn3)c3ccccn23)=C1. The van der Waals surface area contributed by atoms with E-state index in [1.807, 2.05) is 54.7 Å². The highest BCUT2D eigenvalue weighted by Gasteiger charge is 2.23. The van der Waals surface area contributed by atoms with Gasteiger partial charge < -0.3 is 0 Å². The summed E-state index contributed by atoms with van der Waals surface area (Å²) < 4.78 is 2.17. The average Bonchev–Trinajstić information content (AvgIpc) is 3.52. The summed E-state index contributed by atoms with van der Waals surface area (Å²) in [5.41, 5.74) is 11.8. The van der Waals surface area contributed by atoms with Crippen molar-refractivity contribution in [3.63, 3.8) is 0 Å². The lowest BCUT2D eigenvalue weighted by molar-refractivity contribution is 1.00. The normalized spacial score (nSPS) is 13.0. The molecule has 0 saturated carbocycles. The van der Waals surface area contributed by atoms with Crippen LogP contribution < -0.4 is 0 Å². The largest absolute Gasteiger partial charge is 0.299 e. The van der Waals surface area contributed by atoms with Gasteiger partial charge in [-0.15, -0.1) is 0 Å². The number of rotatable bonds is 6. The van der Waals surface area contributed by atoms with Gasteiger partial charge in [0.2, 0.25) is 0 Å². The molecule has 0 saturated heterocycles. The topological polar surface area (TPSA) is 56.0 Å². The van der Waals surface area contributed by atoms with Crippen LogP contribution in [0.25, 0.3) is 61.8 Å². The highest BCUT2D eigenvalue weighted by atomic mass is 15.0. The molecule has 0 amide bonds. The van der Waals surface area contributed by atoms with Crippen LogP contribution in [0.1, 0.15) is 24.4 Å². The van der Waals surface area contributed by atoms with Crippen LogP contribution in [0.3, 0.4) is 0 Å². The van der Waals surface area contributed by atoms with Crippen molar-refractivity contribution in [3.8, 4) is 45.2 Å². The van der Waals surface area contributed by atoms with Crippen molar-refractivity contribution in [2.45, 2.75) is 12.8 Å². The number of imidazole rings is 1. The predicted octanol–water partition coefficient (Wildman–Crippen LogP) is 9.45. The predicted molar refractivity (Wildman–Crippen MR) is 182 cm³/mol. The van der Waals surface area contributed by atoms with Gasteiger partial charge in [0.1, 0.15) is 11.5 Å². The Morgan fingerprint density at radius 1 is 0.444 bits per heavy atom. The lowest BCUT2D eigenvalue weighted by Crippen LogP contribution is -2.05. The third kappa shape index (κ3) is 5.04. The average molecular weight is 580 g/mol. The quantitative estimate of drug-likeness (QED) is 0.197. The zero-order valence-corrected chi connectivity index (χ0v) is 24.6. The molecule has 7 aromatic rings. The van der Waals surface area contributed by atoms with Crippen LogP contribution in [0.4, 0.5) is 0 Å². The van der Waals surface area contributed by atoms with Crippen LogP contribution in [0.15, 0.2) is 152 Å². The first-order valence-electron chi connectivity index (χ1n) is 15.2. The molecule has 1 aliphatic carbocycles. The molecule has 214 valence electrons. The Labute approximate surface area is 262 Å². The fraction of sp³-hybridized carbons (Fsp3) is 0.0500. The van der Waals surface area contributed by atoms with Gasteiger partial charge in [-0.1, -0.05) is 115 Å². The molecule has 3 aromatic carbocycles. The minimum Gasteiger partial charge on any atom is -0.299 e. The molecule has 0 unspecified atom stereocenters. The van der Waals surface area contributed by atoms with Crippen LogP contribution in [0, 0.1) is 0 Å². The van der Waals surface area contributed by atoms with E-state index < -0.39 is 0 Å². The van der Waals surface area contributed by atoms with Gasteiger partial charge >= 0.3 is 0 Å². The van der Waals surface area contributed by atoms with E-state index in [0.29, 0.717) is 0 Å². The van der Waals surface area contributed by atoms with Crippen LogP contribution in [-0.4, -0.2) is 24.3 Å². The van der Waals surface area contributed by atoms with Gasteiger partial charge in [-0.2, -0.15) is 0 Å². The number of fused-ring (bicyclic) bond motifs is 1. The molecular weight excluding hydrogens is 550 g/mol. The second-order valence-corrected chi connectivity index (χ2v) is 11.1. The van der Waals surface area contributed by atoms with Crippen LogP contribution in [-0.2, 0) is 0 Å². The smallest absolute Gasteiger partial charge is 0.141 e. The van der Waals surface area contributed by atoms with Crippen molar-refractivity contribution >= 4 is 16.7 Å². The number of aromatic nitrogens is 5. The van der Waals surface area contributed by atoms with E-state index >= 15 is 0 Å². The maximum absolute atomic E-state index is 5.42. The zero-order chi connectivity index (χ0) is 30.0. The first-order valence-corrected chi connectivity index (χ1v) is 15.2. The molecule has 0 fully saturated rings. The molecule has 5 nitrogen and oxygen atoms in total. The summed E-state index contributed by atoms with van der Waals surface area (Å²) in [6.07, 6.45) is 9.95. The Morgan fingerprint density at radius 2 is 0.978 bits per heavy atom. The standard InChI is InChI=1S/C40H29N5/c1-4-14-28(15-5-1)35-36(29-16-6-2-7-17-29)43-38(37(42-35)30-18-8-3-9-19-30)31-22-24-32(25-23-31)40-44-39(33-20-10-12-26-41-33)34-21-11-13-27-45(34)40/h1-22,24,26-27H,23,25H2. The third-order valence-corrected chi connectivity index (χ3v) is 8.23. The van der Waals surface area contributed by atoms with E-state index in [-0.39, 0.29) is 0 Å². The minimum absolute atomic E-state index is 0.819. The fourth-order valence-corrected chi connectivity index (χ4v) is 6.03. The maximum Gasteiger partial charge on any atom is 0.141 e. The Hall–Kier alpha value is -5.94. The molecule has 0 atom stereocenters. The van der Waals surface area contributed by atoms with Crippen molar-refractivity contribution < 1.29 is 0 Å². The monoisotopic (exact) mass is 579 g/mol. The van der Waals surface area contributed by atoms with E-state index in [9.17, 15) is 0 Å². The molecule has 0 radical (unpaired) electrons. The number of allylic oxidation sites excluding steroid dienone is 4. The summed E-state index contributed by atoms with van der Waals surface area (Å²) in [7, 11) is 0. The Balaban J connectivity index is 1.29. The molecule has 0 bridgehead atoms. The Morgan fingerprint density at radius 3 is 1.56 bits per heavy atom. The second-order valence-electron chi connectivity index (χ2n) is 11.1. The lowest BCUT2D eigenvalue weighted by Gasteiger charge is -2.19. The molecule has 0 N–H and O–H groups in total. The van der Waals surface area contributed by atoms with E-state index in [2.05, 4.69) is 107 Å². The molecule has 45 heavy (non-hydrogen) atoms. The van der Waals surface area contributed by atoms with Gasteiger partial charge in [-0.3, -0.25) is 9.38 Å². The van der Waals surface area contributed by atoms with Crippen molar-refractivity contribution in [1.29, 1.82) is 0 Å². The number of hydrogen-bond acceptors (Lipinski definition) is 4. The molecule has 4 heterocycles. The highest BCUT2D eigenvalue weighted by Crippen LogP contribution is 2.39. The summed E-state index contributed by atoms with van der Waals surface area (Å²) >= 11 is 0. The van der Waals surface area contributed by atoms with Crippen LogP contribution in [0.5, 0.6) is 0 Å². The van der Waals surface area contributed by atoms with Gasteiger partial charge in [0.05, 0.1) is 34.0 Å². The Kier molecular flexibility index (Phi) is 6.89. The highest BCUT2D eigenvalue weighted by molar-refractivity contribution is 5.88. The fourth-order valence-electron chi connectivity index (χ4n) is 6.03. The van der Waals surface area contributed by atoms with Crippen molar-refractivity contribution in [2.75, 3.05) is 0 Å². The zero-order valence-electron chi connectivity index (χ0n) is 24.6. The van der Waals surface area contributed by atoms with E-state index in [4.69, 9.17) is 15.0 Å². The lowest BCUT2D eigenvalue weighted by atomic mass is 9.92. The van der Waals surface area contributed by atoms with Gasteiger partial charge in [0.15, 0.2) is 0 Å². The molecule has 0 spiro atoms. The van der Waals surface area contributed by atoms with E-state index in [1.165, 1.54) is 5.57 Å². The molecule has 4 aromatic heterocycles. The third-order valence-electron chi connectivity index (χ3n) is 8.23. The van der Waals surface area contributed by atoms with Gasteiger partial charge in [0, 0.05) is 29.1 Å². The second kappa shape index (κ2) is 11.6. The first-order chi connectivity index (χ1) is 22.3. The first kappa shape index (κ1) is 26.7. The van der Waals surface area contributed by atoms with E-state index in [0.717, 1.165) is 80.6 Å². The molecule has 1 aliphatic rings. The summed E-state index contributed by atoms with van der Waals surface area (Å²) in [4.78, 5) is 20.5. The van der Waals surface area contributed by atoms with Gasteiger partial charge in [-0.25, -0.2) is 15.0 Å². The summed E-state index contributed by atoms with van der Waals surface area (Å²) in [5, 5.41) is 0. The molecular formula is C40H29N5. The van der Waals surface area contributed by atoms with Gasteiger partial charge in [0.25, 0.3) is 0 Å². The van der Waals surface area contributed by atoms with Crippen LogP contribution in [0.2, 0.25) is 0 Å². The summed E-state index contributed by atoms with van der Waals surface area (Å²) in [5.74, 6) is 0.945. The number of benzene rings is 3. The van der Waals surface area contributed by atoms with E-state index in [1.54, 1.807) is 0 Å². The van der Waals surface area contributed by atoms with Crippen molar-refractivity contribution in [2.24, 2.45) is 0 Å². The number of nitrogens with zero attached hydrogens (tertiary/aromatic N) is 5. The molecule has 8 rings (SSSR count). The number of pyridine rings is 2. The number of hydrogen-bond donors (Lipinski definition) is 0. The maximum atomic E-state index is 5.42. The van der Waals surface area contributed by atoms with Gasteiger partial charge in [-0.05, 0) is 48.3 Å². The molecule has 5 heteroatoms. The summed E-state index contributed by atoms with van der Waals surface area (Å²) in [6, 6.07) is 43.2. The van der Waals surface area contributed by atoms with Crippen molar-refractivity contribution in [1.82, 2.24) is 24.3 Å². The Bertz CT molecular complexity index is 2180. The summed E-state index contributed by atoms with van der Waals surface area (Å²) in [6.45, 7) is 0. The molecule has 0 aliphatic heterocycles. The minimum atomic E-state index is 0.819. The van der Waals surface area contributed by atoms with Crippen molar-refractivity contribution in [3.05, 3.63) is 163 Å². The van der Waals surface area contributed by atoms with Crippen LogP contribution >= 0.6 is 0 Å².